The first-order valence-corrected chi connectivity index (χ1v) is 5.53. The van der Waals surface area contributed by atoms with E-state index >= 15 is 0 Å². The summed E-state index contributed by atoms with van der Waals surface area (Å²) in [5, 5.41) is 7.57. The van der Waals surface area contributed by atoms with Crippen LogP contribution in [0.4, 0.5) is 5.69 Å². The molecule has 2 unspecified atom stereocenters. The van der Waals surface area contributed by atoms with Crippen molar-refractivity contribution in [2.45, 2.75) is 25.5 Å². The molecule has 0 radical (unpaired) electrons. The maximum atomic E-state index is 5.48. The largest absolute Gasteiger partial charge is 0.376 e. The fourth-order valence-electron chi connectivity index (χ4n) is 1.64. The van der Waals surface area contributed by atoms with Crippen LogP contribution in [0, 0.1) is 0 Å². The molecule has 2 atom stereocenters. The van der Waals surface area contributed by atoms with Gasteiger partial charge in [0.1, 0.15) is 4.60 Å². The second-order valence-corrected chi connectivity index (χ2v) is 4.34. The van der Waals surface area contributed by atoms with Crippen LogP contribution in [0.25, 0.3) is 0 Å². The minimum Gasteiger partial charge on any atom is -0.376 e. The third kappa shape index (κ3) is 1.79. The summed E-state index contributed by atoms with van der Waals surface area (Å²) in [6.45, 7) is 2.94. The van der Waals surface area contributed by atoms with Gasteiger partial charge in [-0.15, -0.1) is 0 Å². The Morgan fingerprint density at radius 2 is 2.50 bits per heavy atom. The van der Waals surface area contributed by atoms with E-state index in [2.05, 4.69) is 33.3 Å². The Hall–Kier alpha value is -0.550. The van der Waals surface area contributed by atoms with Gasteiger partial charge in [0.05, 0.1) is 24.0 Å². The van der Waals surface area contributed by atoms with Crippen LogP contribution in [-0.2, 0) is 11.8 Å². The molecule has 0 bridgehead atoms. The van der Waals surface area contributed by atoms with Crippen molar-refractivity contribution in [2.75, 3.05) is 11.9 Å². The number of hydrogen-bond acceptors (Lipinski definition) is 3. The van der Waals surface area contributed by atoms with E-state index in [4.69, 9.17) is 4.74 Å². The van der Waals surface area contributed by atoms with Crippen molar-refractivity contribution in [2.24, 2.45) is 7.05 Å². The van der Waals surface area contributed by atoms with Gasteiger partial charge in [0.2, 0.25) is 0 Å². The van der Waals surface area contributed by atoms with Gasteiger partial charge in [-0.3, -0.25) is 4.68 Å². The Morgan fingerprint density at radius 3 is 3.00 bits per heavy atom. The highest BCUT2D eigenvalue weighted by atomic mass is 79.9. The highest BCUT2D eigenvalue weighted by Gasteiger charge is 2.24. The number of halogens is 1. The zero-order valence-corrected chi connectivity index (χ0v) is 9.91. The van der Waals surface area contributed by atoms with Crippen LogP contribution in [0.5, 0.6) is 0 Å². The maximum absolute atomic E-state index is 5.48. The first-order valence-electron chi connectivity index (χ1n) is 4.74. The number of ether oxygens (including phenoxy) is 1. The van der Waals surface area contributed by atoms with Crippen molar-refractivity contribution in [3.05, 3.63) is 10.8 Å². The molecule has 78 valence electrons. The van der Waals surface area contributed by atoms with E-state index in [1.807, 2.05) is 13.2 Å². The summed E-state index contributed by atoms with van der Waals surface area (Å²) in [5.41, 5.74) is 1.04. The molecule has 1 aromatic heterocycles. The summed E-state index contributed by atoms with van der Waals surface area (Å²) in [6.07, 6.45) is 3.17. The van der Waals surface area contributed by atoms with Gasteiger partial charge in [-0.25, -0.2) is 0 Å². The van der Waals surface area contributed by atoms with Gasteiger partial charge < -0.3 is 10.1 Å². The van der Waals surface area contributed by atoms with E-state index in [0.29, 0.717) is 6.04 Å². The zero-order chi connectivity index (χ0) is 10.1. The van der Waals surface area contributed by atoms with Crippen molar-refractivity contribution in [1.82, 2.24) is 9.78 Å². The molecule has 0 aliphatic carbocycles. The topological polar surface area (TPSA) is 39.1 Å². The summed E-state index contributed by atoms with van der Waals surface area (Å²) >= 11 is 3.47. The molecule has 0 spiro atoms. The normalized spacial score (nSPS) is 26.8. The molecule has 1 aliphatic heterocycles. The molecule has 0 amide bonds. The predicted molar refractivity (Wildman–Crippen MR) is 58.3 cm³/mol. The van der Waals surface area contributed by atoms with E-state index in [1.165, 1.54) is 0 Å². The predicted octanol–water partition coefficient (Wildman–Crippen LogP) is 1.77. The van der Waals surface area contributed by atoms with E-state index in [9.17, 15) is 0 Å². The van der Waals surface area contributed by atoms with Crippen LogP contribution < -0.4 is 5.32 Å². The second kappa shape index (κ2) is 3.90. The lowest BCUT2D eigenvalue weighted by atomic mass is 10.1. The third-order valence-electron chi connectivity index (χ3n) is 2.58. The minimum absolute atomic E-state index is 0.280. The van der Waals surface area contributed by atoms with Gasteiger partial charge >= 0.3 is 0 Å². The summed E-state index contributed by atoms with van der Waals surface area (Å²) in [6, 6.07) is 0.399. The molecule has 1 aliphatic rings. The van der Waals surface area contributed by atoms with Crippen LogP contribution in [0.3, 0.4) is 0 Å². The molecule has 2 heterocycles. The average Bonchev–Trinajstić information content (AvgIpc) is 2.68. The summed E-state index contributed by atoms with van der Waals surface area (Å²) in [4.78, 5) is 0. The zero-order valence-electron chi connectivity index (χ0n) is 8.33. The minimum atomic E-state index is 0.280. The van der Waals surface area contributed by atoms with Crippen molar-refractivity contribution in [3.8, 4) is 0 Å². The smallest absolute Gasteiger partial charge is 0.126 e. The van der Waals surface area contributed by atoms with Gasteiger partial charge in [0.25, 0.3) is 0 Å². The lowest BCUT2D eigenvalue weighted by molar-refractivity contribution is 0.121. The lowest BCUT2D eigenvalue weighted by Crippen LogP contribution is -2.26. The lowest BCUT2D eigenvalue weighted by Gasteiger charge is -2.16. The van der Waals surface area contributed by atoms with Gasteiger partial charge in [0.15, 0.2) is 0 Å². The van der Waals surface area contributed by atoms with Crippen molar-refractivity contribution >= 4 is 21.6 Å². The first-order chi connectivity index (χ1) is 6.68. The number of aryl methyl sites for hydroxylation is 1. The van der Waals surface area contributed by atoms with Gasteiger partial charge in [-0.2, -0.15) is 5.10 Å². The van der Waals surface area contributed by atoms with Crippen molar-refractivity contribution in [1.29, 1.82) is 0 Å². The van der Waals surface area contributed by atoms with Crippen LogP contribution in [0.1, 0.15) is 13.3 Å². The molecule has 0 aromatic carbocycles. The Balaban J connectivity index is 2.07. The van der Waals surface area contributed by atoms with Gasteiger partial charge in [-0.1, -0.05) is 0 Å². The SMILES string of the molecule is CC1OCCC1Nc1cnn(C)c1Br. The fourth-order valence-corrected chi connectivity index (χ4v) is 1.95. The number of anilines is 1. The maximum Gasteiger partial charge on any atom is 0.126 e. The summed E-state index contributed by atoms with van der Waals surface area (Å²) in [7, 11) is 1.91. The van der Waals surface area contributed by atoms with Crippen LogP contribution in [-0.4, -0.2) is 28.5 Å². The molecule has 0 saturated carbocycles. The fraction of sp³-hybridized carbons (Fsp3) is 0.667. The van der Waals surface area contributed by atoms with E-state index in [1.54, 1.807) is 4.68 Å². The van der Waals surface area contributed by atoms with Crippen molar-refractivity contribution in [3.63, 3.8) is 0 Å². The Labute approximate surface area is 91.8 Å². The average molecular weight is 260 g/mol. The standard InChI is InChI=1S/C9H14BrN3O/c1-6-7(3-4-14-6)12-8-5-11-13(2)9(8)10/h5-7,12H,3-4H2,1-2H3. The Morgan fingerprint density at radius 1 is 1.71 bits per heavy atom. The number of rotatable bonds is 2. The van der Waals surface area contributed by atoms with Crippen LogP contribution in [0.2, 0.25) is 0 Å². The highest BCUT2D eigenvalue weighted by Crippen LogP contribution is 2.24. The Bertz CT molecular complexity index is 326. The molecule has 14 heavy (non-hydrogen) atoms. The van der Waals surface area contributed by atoms with E-state index < -0.39 is 0 Å². The van der Waals surface area contributed by atoms with E-state index in [0.717, 1.165) is 23.3 Å². The first kappa shape index (κ1) is 9.98. The van der Waals surface area contributed by atoms with Crippen LogP contribution in [0.15, 0.2) is 10.8 Å². The monoisotopic (exact) mass is 259 g/mol. The van der Waals surface area contributed by atoms with Crippen molar-refractivity contribution < 1.29 is 4.74 Å². The molecule has 1 aromatic rings. The Kier molecular flexibility index (Phi) is 2.78. The van der Waals surface area contributed by atoms with Gasteiger partial charge in [0, 0.05) is 13.7 Å². The third-order valence-corrected chi connectivity index (χ3v) is 3.52. The van der Waals surface area contributed by atoms with E-state index in [-0.39, 0.29) is 6.10 Å². The quantitative estimate of drug-likeness (QED) is 0.880. The number of hydrogen-bond donors (Lipinski definition) is 1. The molecule has 1 N–H and O–H groups in total. The number of aromatic nitrogens is 2. The summed E-state index contributed by atoms with van der Waals surface area (Å²) < 4.78 is 8.26. The number of nitrogens with one attached hydrogen (secondary N) is 1. The molecule has 5 heteroatoms. The molecular formula is C9H14BrN3O. The molecular weight excluding hydrogens is 246 g/mol. The van der Waals surface area contributed by atoms with Crippen LogP contribution >= 0.6 is 15.9 Å². The van der Waals surface area contributed by atoms with Gasteiger partial charge in [-0.05, 0) is 29.3 Å². The summed E-state index contributed by atoms with van der Waals surface area (Å²) in [5.74, 6) is 0. The second-order valence-electron chi connectivity index (χ2n) is 3.59. The number of nitrogens with zero attached hydrogens (tertiary/aromatic N) is 2. The molecule has 1 fully saturated rings. The highest BCUT2D eigenvalue weighted by molar-refractivity contribution is 9.10. The molecule has 4 nitrogen and oxygen atoms in total. The molecule has 1 saturated heterocycles. The molecule has 2 rings (SSSR count).